The van der Waals surface area contributed by atoms with Gasteiger partial charge in [-0.3, -0.25) is 14.9 Å². The minimum atomic E-state index is -0.527. The van der Waals surface area contributed by atoms with Gasteiger partial charge < -0.3 is 14.2 Å². The number of para-hydroxylation sites is 1. The quantitative estimate of drug-likeness (QED) is 0.124. The minimum Gasteiger partial charge on any atom is -0.496 e. The van der Waals surface area contributed by atoms with E-state index in [1.165, 1.54) is 24.1 Å². The van der Waals surface area contributed by atoms with E-state index in [-0.39, 0.29) is 34.8 Å². The van der Waals surface area contributed by atoms with Crippen LogP contribution in [0.25, 0.3) is 22.3 Å². The van der Waals surface area contributed by atoms with Gasteiger partial charge in [0, 0.05) is 17.2 Å². The molecule has 1 atom stereocenters. The van der Waals surface area contributed by atoms with Gasteiger partial charge in [0.25, 0.3) is 5.56 Å². The Labute approximate surface area is 238 Å². The molecule has 0 fully saturated rings. The van der Waals surface area contributed by atoms with Crippen molar-refractivity contribution in [2.24, 2.45) is 5.10 Å². The van der Waals surface area contributed by atoms with Gasteiger partial charge in [-0.05, 0) is 67.6 Å². The van der Waals surface area contributed by atoms with Gasteiger partial charge in [0.1, 0.15) is 5.75 Å². The van der Waals surface area contributed by atoms with Crippen molar-refractivity contribution in [3.05, 3.63) is 85.7 Å². The fourth-order valence-electron chi connectivity index (χ4n) is 4.47. The molecule has 0 saturated heterocycles. The number of aryl methyl sites for hydroxylation is 1. The van der Waals surface area contributed by atoms with Crippen LogP contribution in [-0.2, 0) is 0 Å². The first-order chi connectivity index (χ1) is 19.6. The highest BCUT2D eigenvalue weighted by Gasteiger charge is 2.24. The largest absolute Gasteiger partial charge is 0.496 e. The molecule has 0 aliphatic heterocycles. The third kappa shape index (κ3) is 5.91. The summed E-state index contributed by atoms with van der Waals surface area (Å²) in [6.07, 6.45) is 1.79. The van der Waals surface area contributed by atoms with Crippen LogP contribution in [0.5, 0.6) is 17.2 Å². The number of ether oxygens (including phenoxy) is 3. The van der Waals surface area contributed by atoms with Crippen molar-refractivity contribution in [3.63, 3.8) is 0 Å². The van der Waals surface area contributed by atoms with Crippen LogP contribution in [0.3, 0.4) is 0 Å². The van der Waals surface area contributed by atoms with Crippen molar-refractivity contribution in [1.82, 2.24) is 9.66 Å². The number of nitro groups is 1. The summed E-state index contributed by atoms with van der Waals surface area (Å²) in [7, 11) is 3.04. The molecule has 0 radical (unpaired) electrons. The Morgan fingerprint density at radius 3 is 2.41 bits per heavy atom. The van der Waals surface area contributed by atoms with Gasteiger partial charge >= 0.3 is 5.69 Å². The summed E-state index contributed by atoms with van der Waals surface area (Å²) in [4.78, 5) is 30.0. The molecule has 0 bridgehead atoms. The maximum absolute atomic E-state index is 13.7. The average Bonchev–Trinajstić information content (AvgIpc) is 2.96. The van der Waals surface area contributed by atoms with E-state index in [0.717, 1.165) is 22.4 Å². The number of rotatable bonds is 10. The van der Waals surface area contributed by atoms with Gasteiger partial charge in [0.15, 0.2) is 11.6 Å². The number of nitrogens with zero attached hydrogens (tertiary/aromatic N) is 4. The fourth-order valence-corrected chi connectivity index (χ4v) is 4.47. The molecule has 0 aliphatic rings. The number of aromatic nitrogens is 2. The van der Waals surface area contributed by atoms with E-state index in [0.29, 0.717) is 28.7 Å². The normalized spacial score (nSPS) is 12.2. The highest BCUT2D eigenvalue weighted by Crippen LogP contribution is 2.39. The van der Waals surface area contributed by atoms with E-state index in [9.17, 15) is 14.9 Å². The van der Waals surface area contributed by atoms with Gasteiger partial charge in [-0.1, -0.05) is 32.9 Å². The second kappa shape index (κ2) is 12.2. The Morgan fingerprint density at radius 2 is 1.78 bits per heavy atom. The topological polar surface area (TPSA) is 118 Å². The lowest BCUT2D eigenvalue weighted by atomic mass is 9.96. The Bertz CT molecular complexity index is 1690. The molecule has 0 spiro atoms. The highest BCUT2D eigenvalue weighted by atomic mass is 16.6. The molecule has 4 aromatic rings. The van der Waals surface area contributed by atoms with Crippen LogP contribution in [0.15, 0.2) is 58.4 Å². The minimum absolute atomic E-state index is 0.0456. The number of benzene rings is 3. The van der Waals surface area contributed by atoms with Crippen molar-refractivity contribution < 1.29 is 19.1 Å². The molecule has 0 aliphatic carbocycles. The van der Waals surface area contributed by atoms with Crippen molar-refractivity contribution in [1.29, 1.82) is 0 Å². The van der Waals surface area contributed by atoms with Crippen molar-refractivity contribution in [2.75, 3.05) is 14.2 Å². The maximum Gasteiger partial charge on any atom is 0.315 e. The summed E-state index contributed by atoms with van der Waals surface area (Å²) >= 11 is 0. The summed E-state index contributed by atoms with van der Waals surface area (Å²) in [5.41, 5.74) is 2.78. The molecule has 10 nitrogen and oxygen atoms in total. The van der Waals surface area contributed by atoms with Crippen LogP contribution in [-0.4, -0.2) is 41.1 Å². The SMILES string of the molecule is CC[C@@H](C)Oc1c(OC)cc(C=Nn2c(-c3cc(C(C)C)c(OC)cc3C)nc3ccccc3c2=O)cc1[N+](=O)[O-]. The van der Waals surface area contributed by atoms with Gasteiger partial charge in [-0.2, -0.15) is 9.78 Å². The molecule has 214 valence electrons. The van der Waals surface area contributed by atoms with Gasteiger partial charge in [0.05, 0.1) is 42.4 Å². The highest BCUT2D eigenvalue weighted by molar-refractivity contribution is 5.84. The molecule has 41 heavy (non-hydrogen) atoms. The van der Waals surface area contributed by atoms with E-state index in [2.05, 4.69) is 18.9 Å². The van der Waals surface area contributed by atoms with Crippen LogP contribution in [0.4, 0.5) is 5.69 Å². The Balaban J connectivity index is 1.95. The van der Waals surface area contributed by atoms with Crippen LogP contribution in [0, 0.1) is 17.0 Å². The zero-order valence-corrected chi connectivity index (χ0v) is 24.3. The second-order valence-corrected chi connectivity index (χ2v) is 10.0. The van der Waals surface area contributed by atoms with Crippen LogP contribution < -0.4 is 19.8 Å². The second-order valence-electron chi connectivity index (χ2n) is 10.0. The summed E-state index contributed by atoms with van der Waals surface area (Å²) < 4.78 is 18.1. The van der Waals surface area contributed by atoms with E-state index in [4.69, 9.17) is 19.2 Å². The standard InChI is InChI=1S/C31H34N4O6/c1-8-20(5)41-29-26(35(37)38)14-21(15-28(29)40-7)17-32-34-30(33-25-12-10-9-11-22(25)31(34)36)24-16-23(18(2)3)27(39-6)13-19(24)4/h9-18,20H,8H2,1-7H3/t20-/m1/s1. The Hall–Kier alpha value is -4.73. The van der Waals surface area contributed by atoms with Gasteiger partial charge in [0.2, 0.25) is 5.75 Å². The maximum atomic E-state index is 13.7. The Morgan fingerprint density at radius 1 is 1.07 bits per heavy atom. The monoisotopic (exact) mass is 558 g/mol. The number of methoxy groups -OCH3 is 2. The Kier molecular flexibility index (Phi) is 8.71. The van der Waals surface area contributed by atoms with Gasteiger partial charge in [-0.25, -0.2) is 4.98 Å². The molecule has 3 aromatic carbocycles. The average molecular weight is 559 g/mol. The number of fused-ring (bicyclic) bond motifs is 1. The van der Waals surface area contributed by atoms with Gasteiger partial charge in [-0.15, -0.1) is 0 Å². The van der Waals surface area contributed by atoms with Crippen LogP contribution >= 0.6 is 0 Å². The molecule has 0 N–H and O–H groups in total. The van der Waals surface area contributed by atoms with Crippen LogP contribution in [0.1, 0.15) is 56.7 Å². The fraction of sp³-hybridized carbons (Fsp3) is 0.323. The summed E-state index contributed by atoms with van der Waals surface area (Å²) in [6, 6.07) is 13.9. The van der Waals surface area contributed by atoms with E-state index in [1.807, 2.05) is 39.0 Å². The first-order valence-corrected chi connectivity index (χ1v) is 13.4. The van der Waals surface area contributed by atoms with E-state index in [1.54, 1.807) is 31.4 Å². The van der Waals surface area contributed by atoms with E-state index < -0.39 is 4.92 Å². The number of hydrogen-bond acceptors (Lipinski definition) is 8. The molecule has 1 heterocycles. The van der Waals surface area contributed by atoms with Crippen molar-refractivity contribution >= 4 is 22.8 Å². The molecule has 10 heteroatoms. The first-order valence-electron chi connectivity index (χ1n) is 13.4. The summed E-state index contributed by atoms with van der Waals surface area (Å²) in [6.45, 7) is 9.79. The molecular formula is C31H34N4O6. The predicted molar refractivity (Wildman–Crippen MR) is 160 cm³/mol. The zero-order valence-electron chi connectivity index (χ0n) is 24.3. The first kappa shape index (κ1) is 29.3. The molecule has 0 amide bonds. The van der Waals surface area contributed by atoms with E-state index >= 15 is 0 Å². The molecule has 0 unspecified atom stereocenters. The molecule has 1 aromatic heterocycles. The predicted octanol–water partition coefficient (Wildman–Crippen LogP) is 6.48. The lowest BCUT2D eigenvalue weighted by molar-refractivity contribution is -0.386. The molecule has 0 saturated carbocycles. The number of hydrogen-bond donors (Lipinski definition) is 0. The molecular weight excluding hydrogens is 524 g/mol. The third-order valence-corrected chi connectivity index (χ3v) is 6.88. The molecule has 4 rings (SSSR count). The van der Waals surface area contributed by atoms with Crippen LogP contribution in [0.2, 0.25) is 0 Å². The smallest absolute Gasteiger partial charge is 0.315 e. The third-order valence-electron chi connectivity index (χ3n) is 6.88. The number of nitro benzene ring substituents is 1. The lowest BCUT2D eigenvalue weighted by Crippen LogP contribution is -2.21. The van der Waals surface area contributed by atoms with Crippen molar-refractivity contribution in [2.45, 2.75) is 53.1 Å². The lowest BCUT2D eigenvalue weighted by Gasteiger charge is -2.17. The zero-order chi connectivity index (χ0) is 29.8. The van der Waals surface area contributed by atoms with Crippen molar-refractivity contribution in [3.8, 4) is 28.6 Å². The summed E-state index contributed by atoms with van der Waals surface area (Å²) in [5.74, 6) is 1.48. The summed E-state index contributed by atoms with van der Waals surface area (Å²) in [5, 5.41) is 16.9.